The topological polar surface area (TPSA) is 32.3 Å². The molecule has 0 aliphatic carbocycles. The summed E-state index contributed by atoms with van der Waals surface area (Å²) >= 11 is 0. The van der Waals surface area contributed by atoms with Crippen molar-refractivity contribution in [3.63, 3.8) is 0 Å². The van der Waals surface area contributed by atoms with E-state index < -0.39 is 0 Å². The van der Waals surface area contributed by atoms with Crippen LogP contribution in [-0.2, 0) is 11.2 Å². The van der Waals surface area contributed by atoms with E-state index in [0.29, 0.717) is 12.5 Å². The molecule has 0 spiro atoms. The number of hydrogen-bond acceptors (Lipinski definition) is 2. The summed E-state index contributed by atoms with van der Waals surface area (Å²) in [4.78, 5) is 14.2. The normalized spacial score (nSPS) is 19.9. The molecule has 98 valence electrons. The molecule has 1 aliphatic rings. The Labute approximate surface area is 109 Å². The second kappa shape index (κ2) is 6.01. The van der Waals surface area contributed by atoms with Gasteiger partial charge in [0.1, 0.15) is 0 Å². The minimum Gasteiger partial charge on any atom is -0.337 e. The molecule has 0 bridgehead atoms. The van der Waals surface area contributed by atoms with Crippen LogP contribution in [0.1, 0.15) is 24.5 Å². The third-order valence-electron chi connectivity index (χ3n) is 3.57. The number of piperazine rings is 1. The molecule has 0 radical (unpaired) electrons. The minimum absolute atomic E-state index is 0.282. The number of carbonyl (C=O) groups excluding carboxylic acids is 1. The first-order valence-electron chi connectivity index (χ1n) is 6.72. The van der Waals surface area contributed by atoms with Crippen LogP contribution < -0.4 is 5.32 Å². The lowest BCUT2D eigenvalue weighted by atomic mass is 10.1. The zero-order valence-electron chi connectivity index (χ0n) is 11.3. The molecule has 1 aromatic carbocycles. The van der Waals surface area contributed by atoms with E-state index in [0.717, 1.165) is 26.1 Å². The zero-order valence-corrected chi connectivity index (χ0v) is 11.3. The molecule has 3 nitrogen and oxygen atoms in total. The highest BCUT2D eigenvalue weighted by atomic mass is 16.2. The summed E-state index contributed by atoms with van der Waals surface area (Å²) in [7, 11) is 0. The molecular formula is C15H22N2O. The van der Waals surface area contributed by atoms with E-state index in [-0.39, 0.29) is 5.91 Å². The first-order valence-corrected chi connectivity index (χ1v) is 6.72. The van der Waals surface area contributed by atoms with Gasteiger partial charge in [-0.1, -0.05) is 29.8 Å². The van der Waals surface area contributed by atoms with E-state index in [9.17, 15) is 4.79 Å². The van der Waals surface area contributed by atoms with Gasteiger partial charge in [0.05, 0.1) is 0 Å². The number of nitrogens with zero attached hydrogens (tertiary/aromatic N) is 1. The number of amides is 1. The van der Waals surface area contributed by atoms with E-state index in [1.807, 2.05) is 4.90 Å². The van der Waals surface area contributed by atoms with E-state index >= 15 is 0 Å². The first kappa shape index (κ1) is 13.1. The van der Waals surface area contributed by atoms with Crippen molar-refractivity contribution in [2.45, 2.75) is 32.7 Å². The largest absolute Gasteiger partial charge is 0.337 e. The number of aryl methyl sites for hydroxylation is 2. The van der Waals surface area contributed by atoms with Crippen LogP contribution in [0.15, 0.2) is 24.3 Å². The SMILES string of the molecule is Cc1ccc(CCC(=O)N2CCNC[C@H]2C)cc1. The van der Waals surface area contributed by atoms with Gasteiger partial charge < -0.3 is 10.2 Å². The predicted octanol–water partition coefficient (Wildman–Crippen LogP) is 1.75. The van der Waals surface area contributed by atoms with Crippen LogP contribution in [0.4, 0.5) is 0 Å². The summed E-state index contributed by atoms with van der Waals surface area (Å²) in [6, 6.07) is 8.76. The average molecular weight is 246 g/mol. The summed E-state index contributed by atoms with van der Waals surface area (Å²) in [5.41, 5.74) is 2.51. The highest BCUT2D eigenvalue weighted by Gasteiger charge is 2.22. The number of rotatable bonds is 3. The Hall–Kier alpha value is -1.35. The molecule has 0 saturated carbocycles. The van der Waals surface area contributed by atoms with Crippen LogP contribution in [0, 0.1) is 6.92 Å². The van der Waals surface area contributed by atoms with Gasteiger partial charge in [0.15, 0.2) is 0 Å². The highest BCUT2D eigenvalue weighted by Crippen LogP contribution is 2.10. The van der Waals surface area contributed by atoms with Gasteiger partial charge in [0.25, 0.3) is 0 Å². The van der Waals surface area contributed by atoms with Gasteiger partial charge in [-0.3, -0.25) is 4.79 Å². The molecule has 18 heavy (non-hydrogen) atoms. The van der Waals surface area contributed by atoms with E-state index in [1.165, 1.54) is 11.1 Å². The number of carbonyl (C=O) groups is 1. The molecule has 0 aromatic heterocycles. The van der Waals surface area contributed by atoms with E-state index in [4.69, 9.17) is 0 Å². The number of benzene rings is 1. The van der Waals surface area contributed by atoms with Gasteiger partial charge in [-0.15, -0.1) is 0 Å². The Morgan fingerprint density at radius 3 is 2.78 bits per heavy atom. The quantitative estimate of drug-likeness (QED) is 0.881. The van der Waals surface area contributed by atoms with Crippen LogP contribution in [0.5, 0.6) is 0 Å². The highest BCUT2D eigenvalue weighted by molar-refractivity contribution is 5.77. The molecule has 0 unspecified atom stereocenters. The summed E-state index contributed by atoms with van der Waals surface area (Å²) in [5.74, 6) is 0.282. The Morgan fingerprint density at radius 2 is 2.11 bits per heavy atom. The van der Waals surface area contributed by atoms with Crippen LogP contribution in [0.2, 0.25) is 0 Å². The molecule has 1 amide bonds. The van der Waals surface area contributed by atoms with Crippen molar-refractivity contribution < 1.29 is 4.79 Å². The summed E-state index contributed by atoms with van der Waals surface area (Å²) in [5, 5.41) is 3.31. The zero-order chi connectivity index (χ0) is 13.0. The monoisotopic (exact) mass is 246 g/mol. The van der Waals surface area contributed by atoms with E-state index in [2.05, 4.69) is 43.4 Å². The van der Waals surface area contributed by atoms with Crippen molar-refractivity contribution in [2.75, 3.05) is 19.6 Å². The molecule has 3 heteroatoms. The predicted molar refractivity (Wildman–Crippen MR) is 73.5 cm³/mol. The van der Waals surface area contributed by atoms with Crippen molar-refractivity contribution in [3.05, 3.63) is 35.4 Å². The Morgan fingerprint density at radius 1 is 1.39 bits per heavy atom. The summed E-state index contributed by atoms with van der Waals surface area (Å²) < 4.78 is 0. The van der Waals surface area contributed by atoms with Gasteiger partial charge in [-0.25, -0.2) is 0 Å². The maximum atomic E-state index is 12.1. The molecule has 1 atom stereocenters. The first-order chi connectivity index (χ1) is 8.66. The maximum absolute atomic E-state index is 12.1. The molecule has 1 N–H and O–H groups in total. The molecule has 1 aliphatic heterocycles. The fourth-order valence-electron chi connectivity index (χ4n) is 2.36. The second-order valence-electron chi connectivity index (χ2n) is 5.13. The van der Waals surface area contributed by atoms with Crippen molar-refractivity contribution in [1.82, 2.24) is 10.2 Å². The summed E-state index contributed by atoms with van der Waals surface area (Å²) in [6.45, 7) is 6.86. The van der Waals surface area contributed by atoms with Gasteiger partial charge in [-0.05, 0) is 25.8 Å². The van der Waals surface area contributed by atoms with Crippen molar-refractivity contribution in [2.24, 2.45) is 0 Å². The van der Waals surface area contributed by atoms with Crippen molar-refractivity contribution in [3.8, 4) is 0 Å². The lowest BCUT2D eigenvalue weighted by Gasteiger charge is -2.34. The van der Waals surface area contributed by atoms with E-state index in [1.54, 1.807) is 0 Å². The van der Waals surface area contributed by atoms with Gasteiger partial charge in [0, 0.05) is 32.1 Å². The third kappa shape index (κ3) is 3.33. The van der Waals surface area contributed by atoms with Gasteiger partial charge in [-0.2, -0.15) is 0 Å². The van der Waals surface area contributed by atoms with Crippen LogP contribution in [0.25, 0.3) is 0 Å². The third-order valence-corrected chi connectivity index (χ3v) is 3.57. The fraction of sp³-hybridized carbons (Fsp3) is 0.533. The van der Waals surface area contributed by atoms with Crippen LogP contribution >= 0.6 is 0 Å². The number of nitrogens with one attached hydrogen (secondary N) is 1. The lowest BCUT2D eigenvalue weighted by Crippen LogP contribution is -2.52. The minimum atomic E-state index is 0.282. The molecule has 1 heterocycles. The second-order valence-corrected chi connectivity index (χ2v) is 5.13. The lowest BCUT2D eigenvalue weighted by molar-refractivity contribution is -0.133. The fourth-order valence-corrected chi connectivity index (χ4v) is 2.36. The average Bonchev–Trinajstić information content (AvgIpc) is 2.38. The maximum Gasteiger partial charge on any atom is 0.223 e. The molecule has 1 aromatic rings. The molecule has 1 fully saturated rings. The molecule has 1 saturated heterocycles. The van der Waals surface area contributed by atoms with Gasteiger partial charge in [0.2, 0.25) is 5.91 Å². The van der Waals surface area contributed by atoms with Crippen molar-refractivity contribution in [1.29, 1.82) is 0 Å². The Kier molecular flexibility index (Phi) is 4.37. The molecular weight excluding hydrogens is 224 g/mol. The number of hydrogen-bond donors (Lipinski definition) is 1. The van der Waals surface area contributed by atoms with Crippen LogP contribution in [-0.4, -0.2) is 36.5 Å². The molecule has 2 rings (SSSR count). The Bertz CT molecular complexity index is 399. The smallest absolute Gasteiger partial charge is 0.223 e. The van der Waals surface area contributed by atoms with Crippen molar-refractivity contribution >= 4 is 5.91 Å². The van der Waals surface area contributed by atoms with Crippen LogP contribution in [0.3, 0.4) is 0 Å². The Balaban J connectivity index is 1.85. The van der Waals surface area contributed by atoms with Gasteiger partial charge >= 0.3 is 0 Å². The summed E-state index contributed by atoms with van der Waals surface area (Å²) in [6.07, 6.45) is 1.46. The standard InChI is InChI=1S/C15H22N2O/c1-12-3-5-14(6-4-12)7-8-15(18)17-10-9-16-11-13(17)2/h3-6,13,16H,7-11H2,1-2H3/t13-/m1/s1.